The molecule has 0 amide bonds. The zero-order chi connectivity index (χ0) is 12.3. The monoisotopic (exact) mass is 254 g/mol. The molecule has 2 rings (SSSR count). The summed E-state index contributed by atoms with van der Waals surface area (Å²) in [6, 6.07) is 4.87. The number of hydrogen-bond donors (Lipinski definition) is 1. The minimum Gasteiger partial charge on any atom is -0.481 e. The standard InChI is InChI=1S/C11H11ClN2O3/c1-16-11-5-7(13-6-14-11)4-8(15)9-2-3-10(12)17-9/h2-3,5-6,8,15H,4H2,1H3. The van der Waals surface area contributed by atoms with Crippen molar-refractivity contribution in [2.24, 2.45) is 0 Å². The number of aliphatic hydroxyl groups is 1. The van der Waals surface area contributed by atoms with Gasteiger partial charge in [0, 0.05) is 12.5 Å². The van der Waals surface area contributed by atoms with E-state index in [0.29, 0.717) is 23.8 Å². The molecule has 5 nitrogen and oxygen atoms in total. The summed E-state index contributed by atoms with van der Waals surface area (Å²) < 4.78 is 10.1. The van der Waals surface area contributed by atoms with E-state index in [9.17, 15) is 5.11 Å². The summed E-state index contributed by atoms with van der Waals surface area (Å²) in [7, 11) is 1.52. The quantitative estimate of drug-likeness (QED) is 0.904. The van der Waals surface area contributed by atoms with Crippen LogP contribution in [0, 0.1) is 0 Å². The summed E-state index contributed by atoms with van der Waals surface area (Å²) in [4.78, 5) is 7.92. The lowest BCUT2D eigenvalue weighted by Crippen LogP contribution is -2.03. The van der Waals surface area contributed by atoms with Gasteiger partial charge in [-0.15, -0.1) is 0 Å². The van der Waals surface area contributed by atoms with E-state index in [2.05, 4.69) is 9.97 Å². The molecule has 0 aromatic carbocycles. The second-order valence-electron chi connectivity index (χ2n) is 3.41. The maximum atomic E-state index is 9.90. The first kappa shape index (κ1) is 11.9. The first-order valence-corrected chi connectivity index (χ1v) is 5.35. The van der Waals surface area contributed by atoms with Crippen molar-refractivity contribution in [2.75, 3.05) is 7.11 Å². The number of halogens is 1. The molecule has 0 bridgehead atoms. The van der Waals surface area contributed by atoms with Crippen LogP contribution in [0.4, 0.5) is 0 Å². The number of furan rings is 1. The molecule has 0 saturated carbocycles. The lowest BCUT2D eigenvalue weighted by molar-refractivity contribution is 0.149. The maximum Gasteiger partial charge on any atom is 0.216 e. The average molecular weight is 255 g/mol. The predicted molar refractivity (Wildman–Crippen MR) is 61.0 cm³/mol. The fraction of sp³-hybridized carbons (Fsp3) is 0.273. The third kappa shape index (κ3) is 2.95. The molecule has 90 valence electrons. The average Bonchev–Trinajstić information content (AvgIpc) is 2.76. The highest BCUT2D eigenvalue weighted by molar-refractivity contribution is 6.28. The van der Waals surface area contributed by atoms with E-state index in [1.54, 1.807) is 18.2 Å². The molecule has 1 atom stereocenters. The Morgan fingerprint density at radius 1 is 1.47 bits per heavy atom. The fourth-order valence-electron chi connectivity index (χ4n) is 1.41. The number of aromatic nitrogens is 2. The van der Waals surface area contributed by atoms with Crippen LogP contribution in [0.5, 0.6) is 5.88 Å². The molecule has 0 aliphatic carbocycles. The summed E-state index contributed by atoms with van der Waals surface area (Å²) in [6.45, 7) is 0. The minimum atomic E-state index is -0.790. The molecule has 2 aromatic rings. The van der Waals surface area contributed by atoms with Crippen LogP contribution in [-0.4, -0.2) is 22.2 Å². The van der Waals surface area contributed by atoms with Gasteiger partial charge in [0.15, 0.2) is 5.22 Å². The summed E-state index contributed by atoms with van der Waals surface area (Å²) in [5.74, 6) is 0.868. The van der Waals surface area contributed by atoms with Crippen molar-refractivity contribution in [1.29, 1.82) is 0 Å². The first-order valence-electron chi connectivity index (χ1n) is 4.97. The molecule has 17 heavy (non-hydrogen) atoms. The Labute approximate surface area is 103 Å². The first-order chi connectivity index (χ1) is 8.19. The number of rotatable bonds is 4. The van der Waals surface area contributed by atoms with Crippen molar-refractivity contribution in [3.05, 3.63) is 41.2 Å². The topological polar surface area (TPSA) is 68.4 Å². The van der Waals surface area contributed by atoms with Gasteiger partial charge in [-0.1, -0.05) is 0 Å². The second kappa shape index (κ2) is 5.16. The molecule has 0 spiro atoms. The van der Waals surface area contributed by atoms with Gasteiger partial charge in [-0.3, -0.25) is 0 Å². The van der Waals surface area contributed by atoms with Crippen LogP contribution < -0.4 is 4.74 Å². The molecular weight excluding hydrogens is 244 g/mol. The van der Waals surface area contributed by atoms with Crippen molar-refractivity contribution < 1.29 is 14.3 Å². The van der Waals surface area contributed by atoms with Gasteiger partial charge in [0.2, 0.25) is 5.88 Å². The molecule has 0 aliphatic rings. The van der Waals surface area contributed by atoms with Crippen LogP contribution in [0.3, 0.4) is 0 Å². The van der Waals surface area contributed by atoms with Crippen LogP contribution in [0.15, 0.2) is 28.9 Å². The summed E-state index contributed by atoms with van der Waals surface area (Å²) >= 11 is 5.63. The van der Waals surface area contributed by atoms with Crippen LogP contribution >= 0.6 is 11.6 Å². The van der Waals surface area contributed by atoms with E-state index in [-0.39, 0.29) is 5.22 Å². The summed E-state index contributed by atoms with van der Waals surface area (Å²) in [5, 5.41) is 10.1. The van der Waals surface area contributed by atoms with Gasteiger partial charge in [0.25, 0.3) is 0 Å². The van der Waals surface area contributed by atoms with Gasteiger partial charge in [-0.05, 0) is 23.7 Å². The van der Waals surface area contributed by atoms with E-state index >= 15 is 0 Å². The molecule has 1 N–H and O–H groups in total. The smallest absolute Gasteiger partial charge is 0.216 e. The highest BCUT2D eigenvalue weighted by Gasteiger charge is 2.14. The Morgan fingerprint density at radius 3 is 2.94 bits per heavy atom. The van der Waals surface area contributed by atoms with Crippen LogP contribution in [0.1, 0.15) is 17.6 Å². The Bertz CT molecular complexity index is 501. The number of aliphatic hydroxyl groups excluding tert-OH is 1. The molecule has 0 aliphatic heterocycles. The third-order valence-electron chi connectivity index (χ3n) is 2.23. The van der Waals surface area contributed by atoms with E-state index in [4.69, 9.17) is 20.8 Å². The van der Waals surface area contributed by atoms with Crippen LogP contribution in [0.2, 0.25) is 5.22 Å². The van der Waals surface area contributed by atoms with Gasteiger partial charge in [0.05, 0.1) is 12.8 Å². The largest absolute Gasteiger partial charge is 0.481 e. The van der Waals surface area contributed by atoms with Crippen molar-refractivity contribution >= 4 is 11.6 Å². The molecule has 0 radical (unpaired) electrons. The molecule has 6 heteroatoms. The van der Waals surface area contributed by atoms with E-state index < -0.39 is 6.10 Å². The van der Waals surface area contributed by atoms with Crippen molar-refractivity contribution in [2.45, 2.75) is 12.5 Å². The Balaban J connectivity index is 2.09. The van der Waals surface area contributed by atoms with Gasteiger partial charge in [-0.2, -0.15) is 0 Å². The fourth-order valence-corrected chi connectivity index (χ4v) is 1.56. The highest BCUT2D eigenvalue weighted by atomic mass is 35.5. The van der Waals surface area contributed by atoms with E-state index in [1.165, 1.54) is 13.4 Å². The Kier molecular flexibility index (Phi) is 3.61. The second-order valence-corrected chi connectivity index (χ2v) is 3.79. The molecule has 0 saturated heterocycles. The molecule has 0 fully saturated rings. The Hall–Kier alpha value is -1.59. The van der Waals surface area contributed by atoms with Gasteiger partial charge in [-0.25, -0.2) is 9.97 Å². The lowest BCUT2D eigenvalue weighted by Gasteiger charge is -2.07. The predicted octanol–water partition coefficient (Wildman–Crippen LogP) is 2.01. The molecule has 2 heterocycles. The summed E-state index contributed by atoms with van der Waals surface area (Å²) in [6.07, 6.45) is 0.903. The maximum absolute atomic E-state index is 9.90. The molecule has 2 aromatic heterocycles. The minimum absolute atomic E-state index is 0.249. The highest BCUT2D eigenvalue weighted by Crippen LogP contribution is 2.22. The van der Waals surface area contributed by atoms with Crippen LogP contribution in [-0.2, 0) is 6.42 Å². The van der Waals surface area contributed by atoms with Gasteiger partial charge in [0.1, 0.15) is 18.2 Å². The van der Waals surface area contributed by atoms with Crippen molar-refractivity contribution in [1.82, 2.24) is 9.97 Å². The summed E-state index contributed by atoms with van der Waals surface area (Å²) in [5.41, 5.74) is 0.664. The zero-order valence-corrected chi connectivity index (χ0v) is 9.89. The van der Waals surface area contributed by atoms with Crippen molar-refractivity contribution in [3.63, 3.8) is 0 Å². The number of nitrogens with zero attached hydrogens (tertiary/aromatic N) is 2. The van der Waals surface area contributed by atoms with Gasteiger partial charge >= 0.3 is 0 Å². The Morgan fingerprint density at radius 2 is 2.29 bits per heavy atom. The molecular formula is C11H11ClN2O3. The van der Waals surface area contributed by atoms with Crippen molar-refractivity contribution in [3.8, 4) is 5.88 Å². The number of methoxy groups -OCH3 is 1. The normalized spacial score (nSPS) is 12.4. The number of ether oxygens (including phenoxy) is 1. The molecule has 1 unspecified atom stereocenters. The van der Waals surface area contributed by atoms with E-state index in [1.807, 2.05) is 0 Å². The third-order valence-corrected chi connectivity index (χ3v) is 2.44. The zero-order valence-electron chi connectivity index (χ0n) is 9.13. The van der Waals surface area contributed by atoms with Gasteiger partial charge < -0.3 is 14.3 Å². The lowest BCUT2D eigenvalue weighted by atomic mass is 10.1. The SMILES string of the molecule is COc1cc(CC(O)c2ccc(Cl)o2)ncn1. The van der Waals surface area contributed by atoms with Crippen LogP contribution in [0.25, 0.3) is 0 Å². The van der Waals surface area contributed by atoms with E-state index in [0.717, 1.165) is 0 Å². The number of hydrogen-bond acceptors (Lipinski definition) is 5.